The summed E-state index contributed by atoms with van der Waals surface area (Å²) in [5.74, 6) is 0.865. The number of aromatic nitrogens is 3. The van der Waals surface area contributed by atoms with Crippen LogP contribution in [0.3, 0.4) is 0 Å². The maximum atomic E-state index is 4.33. The van der Waals surface area contributed by atoms with Gasteiger partial charge in [-0.25, -0.2) is 9.67 Å². The van der Waals surface area contributed by atoms with Gasteiger partial charge in [0.15, 0.2) is 0 Å². The van der Waals surface area contributed by atoms with E-state index < -0.39 is 0 Å². The topological polar surface area (TPSA) is 42.7 Å². The lowest BCUT2D eigenvalue weighted by Gasteiger charge is -2.36. The molecule has 1 heterocycles. The van der Waals surface area contributed by atoms with Crippen molar-refractivity contribution < 1.29 is 0 Å². The normalized spacial score (nSPS) is 29.4. The molecule has 0 aromatic carbocycles. The summed E-state index contributed by atoms with van der Waals surface area (Å²) in [6.07, 6.45) is 10.0. The van der Waals surface area contributed by atoms with Gasteiger partial charge in [-0.3, -0.25) is 0 Å². The van der Waals surface area contributed by atoms with Crippen molar-refractivity contribution in [3.63, 3.8) is 0 Å². The van der Waals surface area contributed by atoms with Gasteiger partial charge in [0.05, 0.1) is 6.04 Å². The van der Waals surface area contributed by atoms with E-state index in [0.29, 0.717) is 12.1 Å². The highest BCUT2D eigenvalue weighted by molar-refractivity contribution is 4.88. The highest BCUT2D eigenvalue weighted by Crippen LogP contribution is 2.34. The Balaban J connectivity index is 2.04. The molecule has 1 saturated carbocycles. The Bertz CT molecular complexity index is 309. The van der Waals surface area contributed by atoms with Crippen molar-refractivity contribution in [2.75, 3.05) is 6.54 Å². The minimum absolute atomic E-state index is 0.489. The summed E-state index contributed by atoms with van der Waals surface area (Å²) in [4.78, 5) is 4.09. The second kappa shape index (κ2) is 6.15. The third-order valence-corrected chi connectivity index (χ3v) is 3.86. The molecule has 1 fully saturated rings. The van der Waals surface area contributed by atoms with Gasteiger partial charge in [0.1, 0.15) is 12.7 Å². The molecule has 1 aromatic heterocycles. The summed E-state index contributed by atoms with van der Waals surface area (Å²) < 4.78 is 2.05. The number of hydrogen-bond donors (Lipinski definition) is 1. The van der Waals surface area contributed by atoms with Gasteiger partial charge in [-0.05, 0) is 31.7 Å². The molecule has 96 valence electrons. The van der Waals surface area contributed by atoms with E-state index in [4.69, 9.17) is 0 Å². The van der Waals surface area contributed by atoms with Gasteiger partial charge < -0.3 is 5.32 Å². The molecule has 0 radical (unpaired) electrons. The molecule has 3 unspecified atom stereocenters. The summed E-state index contributed by atoms with van der Waals surface area (Å²) in [5.41, 5.74) is 0. The maximum absolute atomic E-state index is 4.33. The minimum Gasteiger partial charge on any atom is -0.312 e. The fourth-order valence-electron chi connectivity index (χ4n) is 3.08. The van der Waals surface area contributed by atoms with Crippen LogP contribution in [0.25, 0.3) is 0 Å². The zero-order valence-corrected chi connectivity index (χ0v) is 11.0. The molecule has 1 aliphatic carbocycles. The van der Waals surface area contributed by atoms with Crippen LogP contribution in [0.2, 0.25) is 0 Å². The Labute approximate surface area is 104 Å². The molecule has 4 nitrogen and oxygen atoms in total. The Morgan fingerprint density at radius 2 is 2.24 bits per heavy atom. The quantitative estimate of drug-likeness (QED) is 0.853. The van der Waals surface area contributed by atoms with E-state index in [-0.39, 0.29) is 0 Å². The minimum atomic E-state index is 0.489. The molecular formula is C13H24N4. The standard InChI is InChI=1S/C13H24N4/c1-3-5-11-6-7-12(15-4-2)13(8-11)17-10-14-9-16-17/h9-13,15H,3-8H2,1-2H3. The zero-order valence-electron chi connectivity index (χ0n) is 11.0. The predicted octanol–water partition coefficient (Wildman–Crippen LogP) is 2.40. The van der Waals surface area contributed by atoms with E-state index in [2.05, 4.69) is 33.9 Å². The molecule has 17 heavy (non-hydrogen) atoms. The lowest BCUT2D eigenvalue weighted by atomic mass is 9.80. The number of hydrogen-bond acceptors (Lipinski definition) is 3. The number of likely N-dealkylation sites (N-methyl/N-ethyl adjacent to an activating group) is 1. The molecule has 1 aliphatic rings. The van der Waals surface area contributed by atoms with Crippen LogP contribution in [0.15, 0.2) is 12.7 Å². The van der Waals surface area contributed by atoms with Gasteiger partial charge in [-0.1, -0.05) is 26.7 Å². The lowest BCUT2D eigenvalue weighted by Crippen LogP contribution is -2.42. The second-order valence-corrected chi connectivity index (χ2v) is 5.07. The van der Waals surface area contributed by atoms with Crippen LogP contribution in [0, 0.1) is 5.92 Å². The molecule has 0 aliphatic heterocycles. The largest absolute Gasteiger partial charge is 0.312 e. The highest BCUT2D eigenvalue weighted by atomic mass is 15.3. The first-order valence-corrected chi connectivity index (χ1v) is 6.92. The molecule has 1 N–H and O–H groups in total. The number of rotatable bonds is 5. The predicted molar refractivity (Wildman–Crippen MR) is 68.8 cm³/mol. The first-order valence-electron chi connectivity index (χ1n) is 6.92. The average molecular weight is 236 g/mol. The fourth-order valence-corrected chi connectivity index (χ4v) is 3.08. The highest BCUT2D eigenvalue weighted by Gasteiger charge is 2.31. The van der Waals surface area contributed by atoms with Gasteiger partial charge in [0.2, 0.25) is 0 Å². The van der Waals surface area contributed by atoms with Gasteiger partial charge in [0, 0.05) is 6.04 Å². The van der Waals surface area contributed by atoms with E-state index in [1.165, 1.54) is 32.1 Å². The Morgan fingerprint density at radius 3 is 2.88 bits per heavy atom. The third-order valence-electron chi connectivity index (χ3n) is 3.86. The Hall–Kier alpha value is -0.900. The molecule has 1 aromatic rings. The monoisotopic (exact) mass is 236 g/mol. The Morgan fingerprint density at radius 1 is 1.35 bits per heavy atom. The van der Waals surface area contributed by atoms with E-state index in [0.717, 1.165) is 12.5 Å². The van der Waals surface area contributed by atoms with Crippen molar-refractivity contribution in [3.8, 4) is 0 Å². The Kier molecular flexibility index (Phi) is 4.54. The molecule has 3 atom stereocenters. The molecule has 0 saturated heterocycles. The molecule has 4 heteroatoms. The SMILES string of the molecule is CCCC1CCC(NCC)C(n2cncn2)C1. The van der Waals surface area contributed by atoms with Crippen LogP contribution in [-0.4, -0.2) is 27.4 Å². The average Bonchev–Trinajstić information content (AvgIpc) is 2.85. The smallest absolute Gasteiger partial charge is 0.137 e. The van der Waals surface area contributed by atoms with E-state index in [1.54, 1.807) is 6.33 Å². The molecule has 0 amide bonds. The van der Waals surface area contributed by atoms with Crippen LogP contribution in [0.5, 0.6) is 0 Å². The van der Waals surface area contributed by atoms with Crippen LogP contribution in [0.4, 0.5) is 0 Å². The molecule has 2 rings (SSSR count). The summed E-state index contributed by atoms with van der Waals surface area (Å²) >= 11 is 0. The second-order valence-electron chi connectivity index (χ2n) is 5.07. The van der Waals surface area contributed by atoms with E-state index in [1.807, 2.05) is 6.33 Å². The number of nitrogens with zero attached hydrogens (tertiary/aromatic N) is 3. The van der Waals surface area contributed by atoms with E-state index >= 15 is 0 Å². The van der Waals surface area contributed by atoms with Crippen molar-refractivity contribution in [2.24, 2.45) is 5.92 Å². The van der Waals surface area contributed by atoms with Crippen LogP contribution >= 0.6 is 0 Å². The number of nitrogens with one attached hydrogen (secondary N) is 1. The van der Waals surface area contributed by atoms with Crippen LogP contribution in [-0.2, 0) is 0 Å². The summed E-state index contributed by atoms with van der Waals surface area (Å²) in [6, 6.07) is 1.05. The van der Waals surface area contributed by atoms with Crippen molar-refractivity contribution in [3.05, 3.63) is 12.7 Å². The fraction of sp³-hybridized carbons (Fsp3) is 0.846. The van der Waals surface area contributed by atoms with E-state index in [9.17, 15) is 0 Å². The van der Waals surface area contributed by atoms with Crippen LogP contribution < -0.4 is 5.32 Å². The maximum Gasteiger partial charge on any atom is 0.137 e. The van der Waals surface area contributed by atoms with Crippen molar-refractivity contribution in [2.45, 2.75) is 58.0 Å². The lowest BCUT2D eigenvalue weighted by molar-refractivity contribution is 0.188. The van der Waals surface area contributed by atoms with Gasteiger partial charge in [-0.15, -0.1) is 0 Å². The van der Waals surface area contributed by atoms with Crippen molar-refractivity contribution in [1.29, 1.82) is 0 Å². The molecule has 0 bridgehead atoms. The van der Waals surface area contributed by atoms with Gasteiger partial charge >= 0.3 is 0 Å². The van der Waals surface area contributed by atoms with Crippen molar-refractivity contribution in [1.82, 2.24) is 20.1 Å². The molecule has 0 spiro atoms. The first kappa shape index (κ1) is 12.6. The third kappa shape index (κ3) is 3.06. The first-order chi connectivity index (χ1) is 8.35. The molecular weight excluding hydrogens is 212 g/mol. The van der Waals surface area contributed by atoms with Gasteiger partial charge in [-0.2, -0.15) is 5.10 Å². The van der Waals surface area contributed by atoms with Crippen LogP contribution in [0.1, 0.15) is 52.0 Å². The summed E-state index contributed by atoms with van der Waals surface area (Å²) in [7, 11) is 0. The van der Waals surface area contributed by atoms with Gasteiger partial charge in [0.25, 0.3) is 0 Å². The van der Waals surface area contributed by atoms with Crippen molar-refractivity contribution >= 4 is 0 Å². The summed E-state index contributed by atoms with van der Waals surface area (Å²) in [6.45, 7) is 5.49. The zero-order chi connectivity index (χ0) is 12.1. The summed E-state index contributed by atoms with van der Waals surface area (Å²) in [5, 5.41) is 7.93.